The molecule has 180 valence electrons. The van der Waals surface area contributed by atoms with Gasteiger partial charge in [-0.25, -0.2) is 0 Å². The lowest BCUT2D eigenvalue weighted by Gasteiger charge is -2.37. The quantitative estimate of drug-likeness (QED) is 0.452. The number of carboxylic acids is 1. The summed E-state index contributed by atoms with van der Waals surface area (Å²) in [6, 6.07) is 10.8. The molecule has 0 bridgehead atoms. The van der Waals surface area contributed by atoms with Gasteiger partial charge in [0.05, 0.1) is 23.2 Å². The minimum Gasteiger partial charge on any atom is -0.481 e. The number of nitrogens with one attached hydrogen (secondary N) is 1. The molecule has 1 aromatic heterocycles. The third-order valence-electron chi connectivity index (χ3n) is 6.37. The van der Waals surface area contributed by atoms with Gasteiger partial charge in [-0.05, 0) is 24.3 Å². The maximum atomic E-state index is 13.3. The zero-order chi connectivity index (χ0) is 24.7. The van der Waals surface area contributed by atoms with Crippen LogP contribution in [0.2, 0.25) is 0 Å². The summed E-state index contributed by atoms with van der Waals surface area (Å²) >= 11 is 0. The van der Waals surface area contributed by atoms with E-state index in [0.29, 0.717) is 54.3 Å². The molecule has 1 saturated heterocycles. The van der Waals surface area contributed by atoms with Crippen LogP contribution < -0.4 is 20.4 Å². The predicted molar refractivity (Wildman–Crippen MR) is 129 cm³/mol. The highest BCUT2D eigenvalue weighted by Gasteiger charge is 2.29. The zero-order valence-corrected chi connectivity index (χ0v) is 19.1. The number of anilines is 1. The standard InChI is InChI=1S/C25H24N4O6/c1-15(30)27-10-12-28(13-11-27)19-7-6-16-22-24(19)35-20-5-3-2-4-18(20)29(22)14-17(23(16)33)25(34)26-9-8-21(31)32/h2-7,14H,8-13H2,1H3,(H,26,34)(H,31,32). The van der Waals surface area contributed by atoms with Crippen molar-refractivity contribution >= 4 is 34.4 Å². The van der Waals surface area contributed by atoms with Crippen LogP contribution in [0.25, 0.3) is 16.6 Å². The molecule has 0 atom stereocenters. The van der Waals surface area contributed by atoms with Crippen molar-refractivity contribution in [1.29, 1.82) is 0 Å². The molecule has 3 aromatic rings. The van der Waals surface area contributed by atoms with Crippen LogP contribution in [-0.4, -0.2) is 65.1 Å². The maximum absolute atomic E-state index is 13.3. The molecule has 3 heterocycles. The van der Waals surface area contributed by atoms with Crippen LogP contribution in [0.15, 0.2) is 47.4 Å². The highest BCUT2D eigenvalue weighted by Crippen LogP contribution is 2.45. The lowest BCUT2D eigenvalue weighted by Crippen LogP contribution is -2.48. The molecule has 10 heteroatoms. The Balaban J connectivity index is 1.62. The normalized spacial score (nSPS) is 14.3. The number of para-hydroxylation sites is 2. The van der Waals surface area contributed by atoms with E-state index < -0.39 is 17.3 Å². The molecule has 2 aliphatic heterocycles. The van der Waals surface area contributed by atoms with Crippen molar-refractivity contribution < 1.29 is 24.2 Å². The number of hydrogen-bond acceptors (Lipinski definition) is 6. The summed E-state index contributed by atoms with van der Waals surface area (Å²) in [5.74, 6) is -0.526. The van der Waals surface area contributed by atoms with Crippen LogP contribution in [0.3, 0.4) is 0 Å². The number of piperazine rings is 1. The van der Waals surface area contributed by atoms with E-state index in [4.69, 9.17) is 9.84 Å². The Morgan fingerprint density at radius 3 is 2.49 bits per heavy atom. The Hall–Kier alpha value is -4.34. The minimum atomic E-state index is -1.04. The molecule has 0 unspecified atom stereocenters. The van der Waals surface area contributed by atoms with E-state index in [2.05, 4.69) is 10.2 Å². The number of amides is 2. The van der Waals surface area contributed by atoms with Gasteiger partial charge in [-0.2, -0.15) is 0 Å². The second kappa shape index (κ2) is 8.79. The first-order valence-electron chi connectivity index (χ1n) is 11.3. The Labute approximate surface area is 200 Å². The molecule has 2 N–H and O–H groups in total. The van der Waals surface area contributed by atoms with Gasteiger partial charge in [0.2, 0.25) is 11.3 Å². The topological polar surface area (TPSA) is 121 Å². The van der Waals surface area contributed by atoms with Gasteiger partial charge < -0.3 is 29.5 Å². The van der Waals surface area contributed by atoms with E-state index >= 15 is 0 Å². The number of hydrogen-bond donors (Lipinski definition) is 2. The van der Waals surface area contributed by atoms with E-state index in [-0.39, 0.29) is 24.4 Å². The number of aliphatic carboxylic acids is 1. The van der Waals surface area contributed by atoms with Gasteiger partial charge in [0, 0.05) is 45.8 Å². The van der Waals surface area contributed by atoms with Crippen molar-refractivity contribution in [2.24, 2.45) is 0 Å². The van der Waals surface area contributed by atoms with Gasteiger partial charge in [-0.15, -0.1) is 0 Å². The summed E-state index contributed by atoms with van der Waals surface area (Å²) in [6.45, 7) is 3.90. The Morgan fingerprint density at radius 1 is 1.03 bits per heavy atom. The van der Waals surface area contributed by atoms with Gasteiger partial charge >= 0.3 is 5.97 Å². The van der Waals surface area contributed by atoms with Crippen molar-refractivity contribution in [2.75, 3.05) is 37.6 Å². The van der Waals surface area contributed by atoms with E-state index in [1.165, 1.54) is 6.20 Å². The summed E-state index contributed by atoms with van der Waals surface area (Å²) in [5.41, 5.74) is 1.52. The largest absolute Gasteiger partial charge is 0.481 e. The molecule has 2 aliphatic rings. The first-order valence-corrected chi connectivity index (χ1v) is 11.3. The van der Waals surface area contributed by atoms with Crippen LogP contribution in [-0.2, 0) is 9.59 Å². The summed E-state index contributed by atoms with van der Waals surface area (Å²) in [6.07, 6.45) is 1.25. The number of ether oxygens (including phenoxy) is 1. The second-order valence-electron chi connectivity index (χ2n) is 8.51. The van der Waals surface area contributed by atoms with Gasteiger partial charge in [0.25, 0.3) is 5.91 Å². The number of nitrogens with zero attached hydrogens (tertiary/aromatic N) is 3. The second-order valence-corrected chi connectivity index (χ2v) is 8.51. The lowest BCUT2D eigenvalue weighted by molar-refractivity contribution is -0.136. The molecule has 0 radical (unpaired) electrons. The molecule has 1 fully saturated rings. The number of fused-ring (bicyclic) bond motifs is 2. The van der Waals surface area contributed by atoms with Crippen LogP contribution in [0, 0.1) is 0 Å². The fraction of sp³-hybridized carbons (Fsp3) is 0.280. The molecule has 2 amide bonds. The van der Waals surface area contributed by atoms with Gasteiger partial charge in [-0.3, -0.25) is 19.2 Å². The van der Waals surface area contributed by atoms with Crippen LogP contribution in [0.1, 0.15) is 23.7 Å². The SMILES string of the molecule is CC(=O)N1CCN(c2ccc3c(=O)c(C(=O)NCCC(=O)O)cn4c3c2Oc2ccccc2-4)CC1. The number of carbonyl (C=O) groups is 3. The lowest BCUT2D eigenvalue weighted by atomic mass is 10.1. The molecule has 35 heavy (non-hydrogen) atoms. The fourth-order valence-electron chi connectivity index (χ4n) is 4.57. The fourth-order valence-corrected chi connectivity index (χ4v) is 4.57. The van der Waals surface area contributed by atoms with Crippen molar-refractivity contribution in [2.45, 2.75) is 13.3 Å². The average Bonchev–Trinajstić information content (AvgIpc) is 2.85. The van der Waals surface area contributed by atoms with E-state index in [9.17, 15) is 19.2 Å². The highest BCUT2D eigenvalue weighted by atomic mass is 16.5. The molecule has 0 aliphatic carbocycles. The molecule has 2 aromatic carbocycles. The van der Waals surface area contributed by atoms with Gasteiger partial charge in [-0.1, -0.05) is 12.1 Å². The van der Waals surface area contributed by atoms with Gasteiger partial charge in [0.1, 0.15) is 11.1 Å². The summed E-state index contributed by atoms with van der Waals surface area (Å²) in [4.78, 5) is 52.6. The minimum absolute atomic E-state index is 0.0395. The van der Waals surface area contributed by atoms with Crippen molar-refractivity contribution in [3.63, 3.8) is 0 Å². The molecule has 10 nitrogen and oxygen atoms in total. The number of aromatic nitrogens is 1. The highest BCUT2D eigenvalue weighted by molar-refractivity contribution is 6.01. The molecular formula is C25H24N4O6. The van der Waals surface area contributed by atoms with Crippen molar-refractivity contribution in [3.05, 3.63) is 58.4 Å². The third-order valence-corrected chi connectivity index (χ3v) is 6.37. The number of carbonyl (C=O) groups excluding carboxylic acids is 2. The van der Waals surface area contributed by atoms with Crippen LogP contribution in [0.4, 0.5) is 5.69 Å². The monoisotopic (exact) mass is 476 g/mol. The first kappa shape index (κ1) is 22.5. The Bertz CT molecular complexity index is 1420. The summed E-state index contributed by atoms with van der Waals surface area (Å²) in [5, 5.41) is 11.7. The van der Waals surface area contributed by atoms with Gasteiger partial charge in [0.15, 0.2) is 11.5 Å². The summed E-state index contributed by atoms with van der Waals surface area (Å²) < 4.78 is 8.09. The average molecular weight is 476 g/mol. The molecule has 0 saturated carbocycles. The van der Waals surface area contributed by atoms with Crippen molar-refractivity contribution in [1.82, 2.24) is 14.8 Å². The van der Waals surface area contributed by atoms with E-state index in [1.54, 1.807) is 22.5 Å². The van der Waals surface area contributed by atoms with E-state index in [1.807, 2.05) is 30.3 Å². The maximum Gasteiger partial charge on any atom is 0.305 e. The predicted octanol–water partition coefficient (Wildman–Crippen LogP) is 1.97. The zero-order valence-electron chi connectivity index (χ0n) is 19.1. The molecule has 5 rings (SSSR count). The van der Waals surface area contributed by atoms with Crippen LogP contribution >= 0.6 is 0 Å². The third kappa shape index (κ3) is 3.96. The first-order chi connectivity index (χ1) is 16.8. The Kier molecular flexibility index (Phi) is 5.64. The van der Waals surface area contributed by atoms with E-state index in [0.717, 1.165) is 5.69 Å². The molecule has 0 spiro atoms. The summed E-state index contributed by atoms with van der Waals surface area (Å²) in [7, 11) is 0. The number of pyridine rings is 1. The Morgan fingerprint density at radius 2 is 1.77 bits per heavy atom. The smallest absolute Gasteiger partial charge is 0.305 e. The number of rotatable bonds is 5. The number of benzene rings is 2. The van der Waals surface area contributed by atoms with Crippen molar-refractivity contribution in [3.8, 4) is 17.2 Å². The van der Waals surface area contributed by atoms with Crippen LogP contribution in [0.5, 0.6) is 11.5 Å². The molecular weight excluding hydrogens is 452 g/mol. The number of carboxylic acid groups (broad SMARTS) is 1.